The Morgan fingerprint density at radius 3 is 2.44 bits per heavy atom. The Kier molecular flexibility index (Phi) is 5.14. The van der Waals surface area contributed by atoms with Crippen molar-refractivity contribution in [2.45, 2.75) is 45.6 Å². The second-order valence-electron chi connectivity index (χ2n) is 4.96. The highest BCUT2D eigenvalue weighted by Crippen LogP contribution is 2.23. The summed E-state index contributed by atoms with van der Waals surface area (Å²) in [7, 11) is 0. The van der Waals surface area contributed by atoms with Gasteiger partial charge >= 0.3 is 5.97 Å². The molecule has 0 radical (unpaired) electrons. The fraction of sp³-hybridized carbons (Fsp3) is 0.438. The van der Waals surface area contributed by atoms with Gasteiger partial charge in [0.05, 0.1) is 0 Å². The maximum absolute atomic E-state index is 11.6. The van der Waals surface area contributed by atoms with E-state index >= 15 is 0 Å². The molecule has 0 saturated carbocycles. The van der Waals surface area contributed by atoms with Crippen LogP contribution in [-0.4, -0.2) is 11.6 Å². The molecule has 0 saturated heterocycles. The van der Waals surface area contributed by atoms with Crippen LogP contribution in [0.4, 0.5) is 0 Å². The Labute approximate surface area is 110 Å². The molecule has 2 nitrogen and oxygen atoms in total. The van der Waals surface area contributed by atoms with Crippen LogP contribution in [-0.2, 0) is 16.0 Å². The van der Waals surface area contributed by atoms with Gasteiger partial charge in [-0.2, -0.15) is 0 Å². The zero-order valence-electron chi connectivity index (χ0n) is 11.5. The molecule has 0 amide bonds. The Morgan fingerprint density at radius 2 is 1.94 bits per heavy atom. The zero-order chi connectivity index (χ0) is 13.6. The molecular weight excluding hydrogens is 224 g/mol. The molecule has 1 aromatic rings. The summed E-state index contributed by atoms with van der Waals surface area (Å²) in [6, 6.07) is 10.2. The third kappa shape index (κ3) is 4.36. The van der Waals surface area contributed by atoms with Crippen molar-refractivity contribution in [1.29, 1.82) is 0 Å². The van der Waals surface area contributed by atoms with Crippen molar-refractivity contribution in [3.63, 3.8) is 0 Å². The van der Waals surface area contributed by atoms with E-state index in [2.05, 4.69) is 18.7 Å². The van der Waals surface area contributed by atoms with Crippen LogP contribution in [0, 0.1) is 0 Å². The Morgan fingerprint density at radius 1 is 1.33 bits per heavy atom. The van der Waals surface area contributed by atoms with E-state index < -0.39 is 5.60 Å². The summed E-state index contributed by atoms with van der Waals surface area (Å²) < 4.78 is 5.53. The summed E-state index contributed by atoms with van der Waals surface area (Å²) in [5.74, 6) is -0.299. The number of benzene rings is 1. The molecule has 2 heteroatoms. The van der Waals surface area contributed by atoms with Gasteiger partial charge in [0.15, 0.2) is 0 Å². The first-order valence-electron chi connectivity index (χ1n) is 6.39. The maximum Gasteiger partial charge on any atom is 0.333 e. The van der Waals surface area contributed by atoms with Gasteiger partial charge in [0.2, 0.25) is 0 Å². The van der Waals surface area contributed by atoms with E-state index in [9.17, 15) is 4.79 Å². The smallest absolute Gasteiger partial charge is 0.333 e. The predicted octanol–water partition coefficient (Wildman–Crippen LogP) is 3.91. The van der Waals surface area contributed by atoms with Gasteiger partial charge in [0, 0.05) is 5.57 Å². The number of carbonyl (C=O) groups is 1. The quantitative estimate of drug-likeness (QED) is 0.562. The van der Waals surface area contributed by atoms with Crippen molar-refractivity contribution < 1.29 is 9.53 Å². The van der Waals surface area contributed by atoms with E-state index in [-0.39, 0.29) is 5.97 Å². The summed E-state index contributed by atoms with van der Waals surface area (Å²) in [5, 5.41) is 0. The first-order chi connectivity index (χ1) is 8.47. The molecule has 0 heterocycles. The van der Waals surface area contributed by atoms with Gasteiger partial charge in [-0.05, 0) is 38.7 Å². The summed E-state index contributed by atoms with van der Waals surface area (Å²) in [6.45, 7) is 9.31. The molecule has 0 N–H and O–H groups in total. The number of hydrogen-bond donors (Lipinski definition) is 0. The van der Waals surface area contributed by atoms with Gasteiger partial charge in [-0.1, -0.05) is 43.8 Å². The van der Waals surface area contributed by atoms with Gasteiger partial charge < -0.3 is 4.74 Å². The Hall–Kier alpha value is -1.57. The molecule has 1 atom stereocenters. The molecule has 0 aliphatic heterocycles. The van der Waals surface area contributed by atoms with Gasteiger partial charge in [-0.15, -0.1) is 0 Å². The molecule has 0 aliphatic rings. The minimum Gasteiger partial charge on any atom is -0.456 e. The average Bonchev–Trinajstić information content (AvgIpc) is 2.37. The lowest BCUT2D eigenvalue weighted by atomic mass is 9.94. The summed E-state index contributed by atoms with van der Waals surface area (Å²) >= 11 is 0. The molecule has 1 aromatic carbocycles. The molecule has 0 aliphatic carbocycles. The Bertz CT molecular complexity index is 408. The number of rotatable bonds is 6. The largest absolute Gasteiger partial charge is 0.456 e. The van der Waals surface area contributed by atoms with E-state index in [1.807, 2.05) is 32.0 Å². The monoisotopic (exact) mass is 246 g/mol. The first-order valence-corrected chi connectivity index (χ1v) is 6.39. The second kappa shape index (κ2) is 6.39. The number of carbonyl (C=O) groups excluding carboxylic acids is 1. The highest BCUT2D eigenvalue weighted by molar-refractivity contribution is 5.87. The molecular formula is C16H22O2. The molecule has 0 fully saturated rings. The second-order valence-corrected chi connectivity index (χ2v) is 4.96. The number of ether oxygens (including phenoxy) is 1. The molecule has 0 spiro atoms. The van der Waals surface area contributed by atoms with Crippen molar-refractivity contribution in [2.75, 3.05) is 0 Å². The highest BCUT2D eigenvalue weighted by atomic mass is 16.6. The van der Waals surface area contributed by atoms with Crippen LogP contribution in [0.3, 0.4) is 0 Å². The molecule has 1 rings (SSSR count). The standard InChI is InChI=1S/C16H22O2/c1-5-16(4,18-15(17)13(2)3)12-11-14-9-7-6-8-10-14/h6-10H,2,5,11-12H2,1,3-4H3. The lowest BCUT2D eigenvalue weighted by Crippen LogP contribution is -2.31. The lowest BCUT2D eigenvalue weighted by Gasteiger charge is -2.28. The van der Waals surface area contributed by atoms with Crippen LogP contribution in [0.1, 0.15) is 39.2 Å². The van der Waals surface area contributed by atoms with Crippen molar-refractivity contribution in [3.05, 3.63) is 48.0 Å². The third-order valence-electron chi connectivity index (χ3n) is 3.22. The predicted molar refractivity (Wildman–Crippen MR) is 74.4 cm³/mol. The van der Waals surface area contributed by atoms with Crippen molar-refractivity contribution in [2.24, 2.45) is 0 Å². The average molecular weight is 246 g/mol. The van der Waals surface area contributed by atoms with Crippen LogP contribution < -0.4 is 0 Å². The SMILES string of the molecule is C=C(C)C(=O)OC(C)(CC)CCc1ccccc1. The molecule has 1 unspecified atom stereocenters. The zero-order valence-corrected chi connectivity index (χ0v) is 11.5. The van der Waals surface area contributed by atoms with Crippen molar-refractivity contribution in [1.82, 2.24) is 0 Å². The fourth-order valence-electron chi connectivity index (χ4n) is 1.66. The normalized spacial score (nSPS) is 13.7. The summed E-state index contributed by atoms with van der Waals surface area (Å²) in [6.07, 6.45) is 2.54. The fourth-order valence-corrected chi connectivity index (χ4v) is 1.66. The number of aryl methyl sites for hydroxylation is 1. The molecule has 18 heavy (non-hydrogen) atoms. The number of esters is 1. The third-order valence-corrected chi connectivity index (χ3v) is 3.22. The van der Waals surface area contributed by atoms with E-state index in [4.69, 9.17) is 4.74 Å². The lowest BCUT2D eigenvalue weighted by molar-refractivity contribution is -0.154. The Balaban J connectivity index is 2.60. The van der Waals surface area contributed by atoms with Gasteiger partial charge in [0.25, 0.3) is 0 Å². The molecule has 98 valence electrons. The van der Waals surface area contributed by atoms with Crippen LogP contribution >= 0.6 is 0 Å². The van der Waals surface area contributed by atoms with E-state index in [0.29, 0.717) is 5.57 Å². The van der Waals surface area contributed by atoms with Gasteiger partial charge in [-0.3, -0.25) is 0 Å². The minimum atomic E-state index is -0.411. The first kappa shape index (κ1) is 14.5. The topological polar surface area (TPSA) is 26.3 Å². The summed E-state index contributed by atoms with van der Waals surface area (Å²) in [4.78, 5) is 11.6. The van der Waals surface area contributed by atoms with Crippen LogP contribution in [0.2, 0.25) is 0 Å². The minimum absolute atomic E-state index is 0.299. The maximum atomic E-state index is 11.6. The van der Waals surface area contributed by atoms with E-state index in [0.717, 1.165) is 19.3 Å². The van der Waals surface area contributed by atoms with Crippen molar-refractivity contribution in [3.8, 4) is 0 Å². The number of hydrogen-bond acceptors (Lipinski definition) is 2. The molecule has 0 bridgehead atoms. The van der Waals surface area contributed by atoms with Crippen LogP contribution in [0.5, 0.6) is 0 Å². The van der Waals surface area contributed by atoms with Gasteiger partial charge in [0.1, 0.15) is 5.60 Å². The van der Waals surface area contributed by atoms with E-state index in [1.165, 1.54) is 5.56 Å². The van der Waals surface area contributed by atoms with Crippen molar-refractivity contribution >= 4 is 5.97 Å². The summed E-state index contributed by atoms with van der Waals surface area (Å²) in [5.41, 5.74) is 1.31. The molecule has 0 aromatic heterocycles. The highest BCUT2D eigenvalue weighted by Gasteiger charge is 2.26. The van der Waals surface area contributed by atoms with Gasteiger partial charge in [-0.25, -0.2) is 4.79 Å². The van der Waals surface area contributed by atoms with Crippen LogP contribution in [0.15, 0.2) is 42.5 Å². The van der Waals surface area contributed by atoms with Crippen LogP contribution in [0.25, 0.3) is 0 Å². The van der Waals surface area contributed by atoms with E-state index in [1.54, 1.807) is 6.92 Å².